The summed E-state index contributed by atoms with van der Waals surface area (Å²) in [5.74, 6) is -1.64. The summed E-state index contributed by atoms with van der Waals surface area (Å²) in [6, 6.07) is 15.1. The third-order valence-electron chi connectivity index (χ3n) is 3.99. The number of para-hydroxylation sites is 1. The summed E-state index contributed by atoms with van der Waals surface area (Å²) in [5, 5.41) is 0. The van der Waals surface area contributed by atoms with E-state index in [2.05, 4.69) is 0 Å². The lowest BCUT2D eigenvalue weighted by Crippen LogP contribution is -2.25. The summed E-state index contributed by atoms with van der Waals surface area (Å²) < 4.78 is 19.0. The number of allylic oxidation sites excluding steroid dienone is 1. The molecule has 0 radical (unpaired) electrons. The van der Waals surface area contributed by atoms with E-state index in [9.17, 15) is 14.0 Å². The Morgan fingerprint density at radius 3 is 2.36 bits per heavy atom. The quantitative estimate of drug-likeness (QED) is 0.634. The molecule has 0 saturated carbocycles. The minimum Gasteiger partial charge on any atom is -0.465 e. The average Bonchev–Trinajstić information content (AvgIpc) is 2.86. The normalized spacial score (nSPS) is 15.9. The van der Waals surface area contributed by atoms with Gasteiger partial charge in [-0.1, -0.05) is 42.5 Å². The number of hydrogen-bond acceptors (Lipinski definition) is 3. The molecular formula is C20H16FNO3. The molecule has 0 bridgehead atoms. The van der Waals surface area contributed by atoms with Crippen LogP contribution in [0.15, 0.2) is 71.4 Å². The summed E-state index contributed by atoms with van der Waals surface area (Å²) in [4.78, 5) is 26.4. The number of anilines is 1. The summed E-state index contributed by atoms with van der Waals surface area (Å²) in [6.07, 6.45) is 1.61. The fraction of sp³-hybridized carbons (Fsp3) is 0.100. The maximum absolute atomic E-state index is 14.2. The summed E-state index contributed by atoms with van der Waals surface area (Å²) >= 11 is 0. The van der Waals surface area contributed by atoms with Gasteiger partial charge in [0, 0.05) is 5.70 Å². The lowest BCUT2D eigenvalue weighted by Gasteiger charge is -2.18. The van der Waals surface area contributed by atoms with Crippen LogP contribution >= 0.6 is 0 Å². The van der Waals surface area contributed by atoms with Crippen LogP contribution in [0, 0.1) is 5.82 Å². The van der Waals surface area contributed by atoms with Crippen molar-refractivity contribution in [1.82, 2.24) is 0 Å². The van der Waals surface area contributed by atoms with Gasteiger partial charge in [-0.25, -0.2) is 9.18 Å². The van der Waals surface area contributed by atoms with Crippen LogP contribution in [-0.2, 0) is 14.3 Å². The zero-order valence-corrected chi connectivity index (χ0v) is 13.8. The molecule has 1 heterocycles. The highest BCUT2D eigenvalue weighted by atomic mass is 19.1. The van der Waals surface area contributed by atoms with Crippen LogP contribution in [0.25, 0.3) is 6.08 Å². The highest BCUT2D eigenvalue weighted by Gasteiger charge is 2.38. The van der Waals surface area contributed by atoms with E-state index in [1.165, 1.54) is 24.1 Å². The number of nitrogens with zero attached hydrogens (tertiary/aromatic N) is 1. The highest BCUT2D eigenvalue weighted by Crippen LogP contribution is 2.36. The number of ether oxygens (including phenoxy) is 1. The molecule has 126 valence electrons. The van der Waals surface area contributed by atoms with Gasteiger partial charge < -0.3 is 4.74 Å². The molecule has 2 aromatic carbocycles. The van der Waals surface area contributed by atoms with Crippen LogP contribution in [0.2, 0.25) is 0 Å². The van der Waals surface area contributed by atoms with Crippen LogP contribution in [0.4, 0.5) is 10.1 Å². The Labute approximate surface area is 144 Å². The second-order valence-electron chi connectivity index (χ2n) is 5.51. The van der Waals surface area contributed by atoms with E-state index in [0.717, 1.165) is 5.56 Å². The molecular weight excluding hydrogens is 321 g/mol. The van der Waals surface area contributed by atoms with E-state index < -0.39 is 17.7 Å². The van der Waals surface area contributed by atoms with Gasteiger partial charge in [0.05, 0.1) is 23.9 Å². The Bertz CT molecular complexity index is 900. The number of esters is 1. The molecule has 5 heteroatoms. The first-order valence-electron chi connectivity index (χ1n) is 7.70. The number of benzene rings is 2. The number of halogens is 1. The van der Waals surface area contributed by atoms with Crippen molar-refractivity contribution >= 4 is 23.6 Å². The molecule has 0 spiro atoms. The van der Waals surface area contributed by atoms with Crippen molar-refractivity contribution in [3.05, 3.63) is 82.8 Å². The first kappa shape index (κ1) is 16.6. The monoisotopic (exact) mass is 337 g/mol. The van der Waals surface area contributed by atoms with E-state index in [1.54, 1.807) is 25.1 Å². The number of hydrogen-bond donors (Lipinski definition) is 0. The van der Waals surface area contributed by atoms with E-state index in [0.29, 0.717) is 5.70 Å². The Morgan fingerprint density at radius 2 is 1.72 bits per heavy atom. The first-order chi connectivity index (χ1) is 12.0. The van der Waals surface area contributed by atoms with Gasteiger partial charge >= 0.3 is 5.97 Å². The third kappa shape index (κ3) is 2.96. The molecule has 0 atom stereocenters. The number of carbonyl (C=O) groups excluding carboxylic acids is 2. The van der Waals surface area contributed by atoms with Gasteiger partial charge in [-0.05, 0) is 30.7 Å². The number of methoxy groups -OCH3 is 1. The minimum atomic E-state index is -0.633. The molecule has 0 fully saturated rings. The molecule has 1 amide bonds. The summed E-state index contributed by atoms with van der Waals surface area (Å²) in [7, 11) is 1.25. The molecule has 1 aliphatic heterocycles. The van der Waals surface area contributed by atoms with Crippen LogP contribution < -0.4 is 4.90 Å². The van der Waals surface area contributed by atoms with Gasteiger partial charge in [-0.15, -0.1) is 0 Å². The molecule has 0 aromatic heterocycles. The molecule has 0 N–H and O–H groups in total. The average molecular weight is 337 g/mol. The molecule has 0 unspecified atom stereocenters. The zero-order valence-electron chi connectivity index (χ0n) is 13.8. The summed E-state index contributed by atoms with van der Waals surface area (Å²) in [6.45, 7) is 1.60. The van der Waals surface area contributed by atoms with Crippen LogP contribution in [-0.4, -0.2) is 19.0 Å². The Balaban J connectivity index is 2.17. The van der Waals surface area contributed by atoms with Crippen LogP contribution in [0.5, 0.6) is 0 Å². The molecule has 1 aliphatic rings. The topological polar surface area (TPSA) is 46.6 Å². The zero-order chi connectivity index (χ0) is 18.0. The van der Waals surface area contributed by atoms with Gasteiger partial charge in [0.15, 0.2) is 0 Å². The van der Waals surface area contributed by atoms with Crippen LogP contribution in [0.3, 0.4) is 0 Å². The van der Waals surface area contributed by atoms with Crippen molar-refractivity contribution in [1.29, 1.82) is 0 Å². The maximum atomic E-state index is 14.2. The minimum absolute atomic E-state index is 0.0999. The molecule has 0 aliphatic carbocycles. The molecule has 25 heavy (non-hydrogen) atoms. The standard InChI is InChI=1S/C20H16FNO3/c1-13-18(20(24)25-2)15(12-14-8-4-3-5-9-14)19(23)22(13)17-11-7-6-10-16(17)21/h3-12H,1-2H3/b15-12-. The van der Waals surface area contributed by atoms with E-state index in [4.69, 9.17) is 4.74 Å². The van der Waals surface area contributed by atoms with Crippen molar-refractivity contribution in [2.45, 2.75) is 6.92 Å². The fourth-order valence-electron chi connectivity index (χ4n) is 2.82. The smallest absolute Gasteiger partial charge is 0.340 e. The van der Waals surface area contributed by atoms with Crippen molar-refractivity contribution < 1.29 is 18.7 Å². The van der Waals surface area contributed by atoms with Gasteiger partial charge in [0.1, 0.15) is 5.82 Å². The third-order valence-corrected chi connectivity index (χ3v) is 3.99. The van der Waals surface area contributed by atoms with Gasteiger partial charge in [-0.3, -0.25) is 9.69 Å². The van der Waals surface area contributed by atoms with Crippen molar-refractivity contribution in [2.24, 2.45) is 0 Å². The predicted molar refractivity (Wildman–Crippen MR) is 93.0 cm³/mol. The van der Waals surface area contributed by atoms with E-state index in [1.807, 2.05) is 30.3 Å². The van der Waals surface area contributed by atoms with Crippen molar-refractivity contribution in [2.75, 3.05) is 12.0 Å². The Morgan fingerprint density at radius 1 is 1.08 bits per heavy atom. The lowest BCUT2D eigenvalue weighted by atomic mass is 10.0. The lowest BCUT2D eigenvalue weighted by molar-refractivity contribution is -0.136. The summed E-state index contributed by atoms with van der Waals surface area (Å²) in [5.41, 5.74) is 1.51. The Kier molecular flexibility index (Phi) is 4.48. The van der Waals surface area contributed by atoms with Gasteiger partial charge in [-0.2, -0.15) is 0 Å². The van der Waals surface area contributed by atoms with Crippen molar-refractivity contribution in [3.63, 3.8) is 0 Å². The number of carbonyl (C=O) groups is 2. The molecule has 2 aromatic rings. The Hall–Kier alpha value is -3.21. The fourth-order valence-corrected chi connectivity index (χ4v) is 2.82. The molecule has 0 saturated heterocycles. The van der Waals surface area contributed by atoms with Gasteiger partial charge in [0.25, 0.3) is 5.91 Å². The SMILES string of the molecule is COC(=O)C1=C(C)N(c2ccccc2F)C(=O)/C1=C\c1ccccc1. The van der Waals surface area contributed by atoms with E-state index in [-0.39, 0.29) is 16.8 Å². The second kappa shape index (κ2) is 6.73. The second-order valence-corrected chi connectivity index (χ2v) is 5.51. The largest absolute Gasteiger partial charge is 0.465 e. The number of rotatable bonds is 3. The van der Waals surface area contributed by atoms with E-state index >= 15 is 0 Å². The first-order valence-corrected chi connectivity index (χ1v) is 7.70. The molecule has 4 nitrogen and oxygen atoms in total. The number of amides is 1. The van der Waals surface area contributed by atoms with Crippen molar-refractivity contribution in [3.8, 4) is 0 Å². The van der Waals surface area contributed by atoms with Gasteiger partial charge in [0.2, 0.25) is 0 Å². The highest BCUT2D eigenvalue weighted by molar-refractivity contribution is 6.23. The predicted octanol–water partition coefficient (Wildman–Crippen LogP) is 3.70. The molecule has 3 rings (SSSR count). The van der Waals surface area contributed by atoms with Crippen LogP contribution in [0.1, 0.15) is 12.5 Å². The maximum Gasteiger partial charge on any atom is 0.340 e.